The van der Waals surface area contributed by atoms with E-state index in [1.165, 1.54) is 0 Å². The zero-order valence-corrected chi connectivity index (χ0v) is 14.0. The van der Waals surface area contributed by atoms with Crippen LogP contribution in [0.1, 0.15) is 10.7 Å². The van der Waals surface area contributed by atoms with Crippen molar-refractivity contribution in [1.82, 2.24) is 19.6 Å². The van der Waals surface area contributed by atoms with Gasteiger partial charge in [0, 0.05) is 17.2 Å². The van der Waals surface area contributed by atoms with Crippen LogP contribution in [-0.4, -0.2) is 19.6 Å². The van der Waals surface area contributed by atoms with Gasteiger partial charge in [0.05, 0.1) is 5.69 Å². The summed E-state index contributed by atoms with van der Waals surface area (Å²) in [5, 5.41) is 4.56. The molecule has 0 N–H and O–H groups in total. The summed E-state index contributed by atoms with van der Waals surface area (Å²) in [7, 11) is 0. The summed E-state index contributed by atoms with van der Waals surface area (Å²) in [5.41, 5.74) is 3.35. The summed E-state index contributed by atoms with van der Waals surface area (Å²) in [6.45, 7) is 0. The highest BCUT2D eigenvalue weighted by atomic mass is 35.5. The van der Waals surface area contributed by atoms with Gasteiger partial charge in [-0.1, -0.05) is 83.9 Å². The smallest absolute Gasteiger partial charge is 0.167 e. The van der Waals surface area contributed by atoms with E-state index < -0.39 is 4.84 Å². The molecule has 4 nitrogen and oxygen atoms in total. The number of aromatic nitrogens is 4. The van der Waals surface area contributed by atoms with Crippen LogP contribution in [0.4, 0.5) is 0 Å². The van der Waals surface area contributed by atoms with Crippen molar-refractivity contribution in [3.63, 3.8) is 0 Å². The predicted octanol–water partition coefficient (Wildman–Crippen LogP) is 4.93. The lowest BCUT2D eigenvalue weighted by Crippen LogP contribution is -2.06. The second-order valence-electron chi connectivity index (χ2n) is 5.24. The van der Waals surface area contributed by atoms with Crippen molar-refractivity contribution < 1.29 is 0 Å². The molecule has 0 spiro atoms. The van der Waals surface area contributed by atoms with E-state index in [0.717, 1.165) is 16.8 Å². The Labute approximate surface area is 148 Å². The van der Waals surface area contributed by atoms with Crippen molar-refractivity contribution in [3.8, 4) is 22.6 Å². The van der Waals surface area contributed by atoms with Gasteiger partial charge < -0.3 is 0 Å². The quantitative estimate of drug-likeness (QED) is 0.489. The molecule has 0 radical (unpaired) electrons. The number of nitrogens with zero attached hydrogens (tertiary/aromatic N) is 4. The van der Waals surface area contributed by atoms with Crippen LogP contribution in [0.15, 0.2) is 66.7 Å². The van der Waals surface area contributed by atoms with Gasteiger partial charge in [0.1, 0.15) is 0 Å². The highest BCUT2D eigenvalue weighted by Crippen LogP contribution is 2.28. The molecule has 6 heteroatoms. The molecule has 0 amide bonds. The maximum Gasteiger partial charge on any atom is 0.167 e. The molecule has 2 aromatic heterocycles. The van der Waals surface area contributed by atoms with Gasteiger partial charge in [-0.25, -0.2) is 9.97 Å². The van der Waals surface area contributed by atoms with Crippen LogP contribution in [0.5, 0.6) is 0 Å². The molecule has 0 fully saturated rings. The third kappa shape index (κ3) is 2.75. The van der Waals surface area contributed by atoms with Gasteiger partial charge in [-0.2, -0.15) is 9.61 Å². The second kappa shape index (κ2) is 6.23. The first-order valence-electron chi connectivity index (χ1n) is 7.39. The van der Waals surface area contributed by atoms with E-state index in [0.29, 0.717) is 17.3 Å². The lowest BCUT2D eigenvalue weighted by Gasteiger charge is -2.07. The molecule has 0 aliphatic carbocycles. The molecule has 2 heterocycles. The number of halogens is 2. The Balaban J connectivity index is 1.93. The van der Waals surface area contributed by atoms with Crippen LogP contribution in [0.2, 0.25) is 0 Å². The van der Waals surface area contributed by atoms with E-state index in [9.17, 15) is 0 Å². The van der Waals surface area contributed by atoms with Crippen LogP contribution in [0, 0.1) is 0 Å². The van der Waals surface area contributed by atoms with Crippen molar-refractivity contribution in [2.75, 3.05) is 0 Å². The first-order chi connectivity index (χ1) is 11.7. The third-order valence-electron chi connectivity index (χ3n) is 3.65. The summed E-state index contributed by atoms with van der Waals surface area (Å²) >= 11 is 12.2. The number of alkyl halides is 2. The van der Waals surface area contributed by atoms with Gasteiger partial charge in [-0.3, -0.25) is 0 Å². The summed E-state index contributed by atoms with van der Waals surface area (Å²) < 4.78 is 1.60. The summed E-state index contributed by atoms with van der Waals surface area (Å²) in [4.78, 5) is 8.31. The number of hydrogen-bond acceptors (Lipinski definition) is 3. The van der Waals surface area contributed by atoms with Crippen LogP contribution in [0.3, 0.4) is 0 Å². The monoisotopic (exact) mass is 354 g/mol. The highest BCUT2D eigenvalue weighted by Gasteiger charge is 2.17. The Morgan fingerprint density at radius 2 is 1.42 bits per heavy atom. The van der Waals surface area contributed by atoms with Crippen LogP contribution in [0.25, 0.3) is 28.3 Å². The molecule has 4 rings (SSSR count). The predicted molar refractivity (Wildman–Crippen MR) is 96.1 cm³/mol. The average Bonchev–Trinajstić information content (AvgIpc) is 3.06. The molecule has 24 heavy (non-hydrogen) atoms. The Morgan fingerprint density at radius 1 is 0.792 bits per heavy atom. The van der Waals surface area contributed by atoms with Gasteiger partial charge in [0.2, 0.25) is 0 Å². The minimum Gasteiger partial charge on any atom is -0.210 e. The van der Waals surface area contributed by atoms with Gasteiger partial charge in [0.25, 0.3) is 0 Å². The van der Waals surface area contributed by atoms with Gasteiger partial charge in [-0.15, -0.1) is 0 Å². The standard InChI is InChI=1S/C18H12Cl2N4/c19-16(20)18-22-17(13-9-5-2-6-10-13)21-15-11-14(23-24(15)18)12-7-3-1-4-8-12/h1-11,16H. The molecule has 0 saturated heterocycles. The van der Waals surface area contributed by atoms with E-state index in [1.54, 1.807) is 4.52 Å². The minimum absolute atomic E-state index is 0.448. The van der Waals surface area contributed by atoms with Crippen molar-refractivity contribution >= 4 is 28.8 Å². The van der Waals surface area contributed by atoms with E-state index in [4.69, 9.17) is 23.2 Å². The fourth-order valence-electron chi connectivity index (χ4n) is 2.52. The maximum atomic E-state index is 6.11. The fourth-order valence-corrected chi connectivity index (χ4v) is 2.80. The fraction of sp³-hybridized carbons (Fsp3) is 0.0556. The lowest BCUT2D eigenvalue weighted by molar-refractivity contribution is 0.826. The van der Waals surface area contributed by atoms with Crippen LogP contribution < -0.4 is 0 Å². The number of fused-ring (bicyclic) bond motifs is 1. The Kier molecular flexibility index (Phi) is 3.92. The second-order valence-corrected chi connectivity index (χ2v) is 6.33. The Morgan fingerprint density at radius 3 is 2.04 bits per heavy atom. The molecular formula is C18H12Cl2N4. The Bertz CT molecular complexity index is 982. The van der Waals surface area contributed by atoms with E-state index in [-0.39, 0.29) is 0 Å². The van der Waals surface area contributed by atoms with Crippen molar-refractivity contribution in [1.29, 1.82) is 0 Å². The van der Waals surface area contributed by atoms with Gasteiger partial charge in [0.15, 0.2) is 22.1 Å². The number of hydrogen-bond donors (Lipinski definition) is 0. The SMILES string of the molecule is ClC(Cl)c1nc(-c2ccccc2)nc2cc(-c3ccccc3)nn12. The van der Waals surface area contributed by atoms with Gasteiger partial charge in [-0.05, 0) is 0 Å². The molecule has 0 atom stereocenters. The van der Waals surface area contributed by atoms with E-state index in [2.05, 4.69) is 15.1 Å². The number of rotatable bonds is 3. The molecule has 0 aliphatic rings. The molecule has 2 aromatic carbocycles. The zero-order chi connectivity index (χ0) is 16.5. The normalized spacial score (nSPS) is 11.3. The first-order valence-corrected chi connectivity index (χ1v) is 8.26. The van der Waals surface area contributed by atoms with Crippen molar-refractivity contribution in [3.05, 3.63) is 72.6 Å². The minimum atomic E-state index is -0.804. The molecule has 0 saturated carbocycles. The number of benzene rings is 2. The van der Waals surface area contributed by atoms with Crippen LogP contribution in [-0.2, 0) is 0 Å². The summed E-state index contributed by atoms with van der Waals surface area (Å²) in [6.07, 6.45) is 0. The first kappa shape index (κ1) is 15.1. The molecule has 118 valence electrons. The zero-order valence-electron chi connectivity index (χ0n) is 12.5. The van der Waals surface area contributed by atoms with Crippen molar-refractivity contribution in [2.45, 2.75) is 4.84 Å². The van der Waals surface area contributed by atoms with Crippen LogP contribution >= 0.6 is 23.2 Å². The largest absolute Gasteiger partial charge is 0.210 e. The average molecular weight is 355 g/mol. The highest BCUT2D eigenvalue weighted by molar-refractivity contribution is 6.43. The third-order valence-corrected chi connectivity index (χ3v) is 4.04. The van der Waals surface area contributed by atoms with E-state index in [1.807, 2.05) is 66.7 Å². The topological polar surface area (TPSA) is 43.1 Å². The summed E-state index contributed by atoms with van der Waals surface area (Å²) in [6, 6.07) is 21.5. The maximum absolute atomic E-state index is 6.11. The van der Waals surface area contributed by atoms with Crippen molar-refractivity contribution in [2.24, 2.45) is 0 Å². The molecule has 0 bridgehead atoms. The molecule has 4 aromatic rings. The molecule has 0 unspecified atom stereocenters. The summed E-state index contributed by atoms with van der Waals surface area (Å²) in [5.74, 6) is 1.02. The Hall–Kier alpha value is -2.43. The van der Waals surface area contributed by atoms with E-state index >= 15 is 0 Å². The molecule has 0 aliphatic heterocycles. The molecular weight excluding hydrogens is 343 g/mol. The lowest BCUT2D eigenvalue weighted by atomic mass is 10.2. The van der Waals surface area contributed by atoms with Gasteiger partial charge >= 0.3 is 0 Å².